The van der Waals surface area contributed by atoms with E-state index in [-0.39, 0.29) is 24.6 Å². The van der Waals surface area contributed by atoms with Crippen molar-refractivity contribution in [1.82, 2.24) is 5.32 Å². The van der Waals surface area contributed by atoms with Crippen LogP contribution in [0.4, 0.5) is 30.7 Å². The van der Waals surface area contributed by atoms with Gasteiger partial charge in [0.05, 0.1) is 11.1 Å². The zero-order valence-electron chi connectivity index (χ0n) is 13.0. The van der Waals surface area contributed by atoms with Crippen molar-refractivity contribution in [2.45, 2.75) is 18.8 Å². The van der Waals surface area contributed by atoms with Gasteiger partial charge in [-0.1, -0.05) is 18.2 Å². The summed E-state index contributed by atoms with van der Waals surface area (Å²) in [6.45, 7) is -0.155. The van der Waals surface area contributed by atoms with Crippen LogP contribution in [-0.4, -0.2) is 12.5 Å². The van der Waals surface area contributed by atoms with E-state index < -0.39 is 40.8 Å². The Morgan fingerprint density at radius 3 is 1.92 bits per heavy atom. The van der Waals surface area contributed by atoms with E-state index >= 15 is 0 Å². The molecule has 0 aliphatic heterocycles. The van der Waals surface area contributed by atoms with Crippen molar-refractivity contribution < 1.29 is 35.5 Å². The molecule has 0 radical (unpaired) electrons. The van der Waals surface area contributed by atoms with E-state index in [9.17, 15) is 35.5 Å². The number of benzene rings is 2. The molecule has 2 aromatic rings. The lowest BCUT2D eigenvalue weighted by atomic mass is 10.0. The van der Waals surface area contributed by atoms with Crippen molar-refractivity contribution in [3.63, 3.8) is 0 Å². The van der Waals surface area contributed by atoms with Gasteiger partial charge in [-0.25, -0.2) is 4.39 Å². The van der Waals surface area contributed by atoms with Crippen LogP contribution in [0, 0.1) is 5.82 Å². The van der Waals surface area contributed by atoms with Crippen molar-refractivity contribution >= 4 is 5.91 Å². The Kier molecular flexibility index (Phi) is 5.58. The van der Waals surface area contributed by atoms with Crippen LogP contribution in [0.3, 0.4) is 0 Å². The van der Waals surface area contributed by atoms with Gasteiger partial charge in [0.2, 0.25) is 0 Å². The number of carbonyl (C=O) groups excluding carboxylic acids is 1. The van der Waals surface area contributed by atoms with E-state index in [4.69, 9.17) is 0 Å². The molecule has 0 fully saturated rings. The van der Waals surface area contributed by atoms with Gasteiger partial charge >= 0.3 is 12.4 Å². The molecule has 0 heterocycles. The Morgan fingerprint density at radius 1 is 0.885 bits per heavy atom. The molecule has 0 bridgehead atoms. The van der Waals surface area contributed by atoms with Crippen molar-refractivity contribution in [2.24, 2.45) is 0 Å². The number of carbonyl (C=O) groups is 1. The average Bonchev–Trinajstić information content (AvgIpc) is 2.54. The predicted molar refractivity (Wildman–Crippen MR) is 78.9 cm³/mol. The normalized spacial score (nSPS) is 12.1. The first-order chi connectivity index (χ1) is 12.0. The maximum absolute atomic E-state index is 13.4. The van der Waals surface area contributed by atoms with Crippen LogP contribution in [0.5, 0.6) is 0 Å². The number of hydrogen-bond donors (Lipinski definition) is 1. The summed E-state index contributed by atoms with van der Waals surface area (Å²) in [7, 11) is 0. The summed E-state index contributed by atoms with van der Waals surface area (Å²) >= 11 is 0. The summed E-state index contributed by atoms with van der Waals surface area (Å²) in [5, 5.41) is 2.19. The van der Waals surface area contributed by atoms with Crippen molar-refractivity contribution in [1.29, 1.82) is 0 Å². The summed E-state index contributed by atoms with van der Waals surface area (Å²) in [4.78, 5) is 11.9. The highest BCUT2D eigenvalue weighted by Crippen LogP contribution is 2.36. The van der Waals surface area contributed by atoms with Gasteiger partial charge in [-0.05, 0) is 36.2 Å². The van der Waals surface area contributed by atoms with E-state index in [1.54, 1.807) is 6.07 Å². The Morgan fingerprint density at radius 2 is 1.42 bits per heavy atom. The molecule has 0 spiro atoms. The Labute approximate surface area is 143 Å². The third-order valence-corrected chi connectivity index (χ3v) is 3.49. The monoisotopic (exact) mass is 379 g/mol. The van der Waals surface area contributed by atoms with Gasteiger partial charge in [-0.15, -0.1) is 0 Å². The molecular formula is C17H12F7NO. The Balaban J connectivity index is 2.18. The summed E-state index contributed by atoms with van der Waals surface area (Å²) in [6, 6.07) is 6.28. The van der Waals surface area contributed by atoms with Crippen LogP contribution in [0.2, 0.25) is 0 Å². The van der Waals surface area contributed by atoms with E-state index in [2.05, 4.69) is 5.32 Å². The van der Waals surface area contributed by atoms with Crippen LogP contribution in [0.25, 0.3) is 0 Å². The Hall–Kier alpha value is -2.58. The minimum Gasteiger partial charge on any atom is -0.352 e. The second-order valence-electron chi connectivity index (χ2n) is 5.39. The predicted octanol–water partition coefficient (Wildman–Crippen LogP) is 4.84. The topological polar surface area (TPSA) is 29.1 Å². The molecule has 2 rings (SSSR count). The highest BCUT2D eigenvalue weighted by Gasteiger charge is 2.37. The molecule has 1 N–H and O–H groups in total. The smallest absolute Gasteiger partial charge is 0.352 e. The second kappa shape index (κ2) is 7.35. The quantitative estimate of drug-likeness (QED) is 0.757. The molecule has 0 aliphatic carbocycles. The highest BCUT2D eigenvalue weighted by molar-refractivity contribution is 5.94. The SMILES string of the molecule is O=C(NCCc1ccccc1F)c1cc(C(F)(F)F)cc(C(F)(F)F)c1. The molecule has 9 heteroatoms. The fourth-order valence-corrected chi connectivity index (χ4v) is 2.20. The fourth-order valence-electron chi connectivity index (χ4n) is 2.20. The van der Waals surface area contributed by atoms with Gasteiger partial charge in [-0.2, -0.15) is 26.3 Å². The fraction of sp³-hybridized carbons (Fsp3) is 0.235. The average molecular weight is 379 g/mol. The number of hydrogen-bond acceptors (Lipinski definition) is 1. The number of nitrogens with one attached hydrogen (secondary N) is 1. The molecule has 0 saturated carbocycles. The molecule has 0 atom stereocenters. The first kappa shape index (κ1) is 19.7. The molecule has 2 aromatic carbocycles. The molecule has 26 heavy (non-hydrogen) atoms. The molecule has 0 unspecified atom stereocenters. The molecule has 0 aromatic heterocycles. The first-order valence-corrected chi connectivity index (χ1v) is 7.29. The number of alkyl halides is 6. The zero-order chi connectivity index (χ0) is 19.5. The van der Waals surface area contributed by atoms with Crippen LogP contribution < -0.4 is 5.32 Å². The third kappa shape index (κ3) is 4.96. The standard InChI is InChI=1S/C17H12F7NO/c18-14-4-2-1-3-10(14)5-6-25-15(26)11-7-12(16(19,20)21)9-13(8-11)17(22,23)24/h1-4,7-9H,5-6H2,(H,25,26). The second-order valence-corrected chi connectivity index (χ2v) is 5.39. The van der Waals surface area contributed by atoms with Gasteiger partial charge in [0, 0.05) is 12.1 Å². The van der Waals surface area contributed by atoms with E-state index in [1.807, 2.05) is 0 Å². The maximum Gasteiger partial charge on any atom is 0.416 e. The molecule has 2 nitrogen and oxygen atoms in total. The van der Waals surface area contributed by atoms with Crippen molar-refractivity contribution in [3.05, 3.63) is 70.5 Å². The van der Waals surface area contributed by atoms with Crippen molar-refractivity contribution in [2.75, 3.05) is 6.54 Å². The lowest BCUT2D eigenvalue weighted by Gasteiger charge is -2.14. The van der Waals surface area contributed by atoms with Crippen LogP contribution in [0.15, 0.2) is 42.5 Å². The summed E-state index contributed by atoms with van der Waals surface area (Å²) in [6.07, 6.45) is -10.0. The van der Waals surface area contributed by atoms with Gasteiger partial charge in [0.25, 0.3) is 5.91 Å². The lowest BCUT2D eigenvalue weighted by molar-refractivity contribution is -0.143. The first-order valence-electron chi connectivity index (χ1n) is 7.29. The van der Waals surface area contributed by atoms with E-state index in [1.165, 1.54) is 18.2 Å². The highest BCUT2D eigenvalue weighted by atomic mass is 19.4. The summed E-state index contributed by atoms with van der Waals surface area (Å²) in [5.41, 5.74) is -3.67. The third-order valence-electron chi connectivity index (χ3n) is 3.49. The minimum absolute atomic E-state index is 0.0313. The van der Waals surface area contributed by atoms with Crippen LogP contribution in [-0.2, 0) is 18.8 Å². The Bertz CT molecular complexity index is 764. The maximum atomic E-state index is 13.4. The van der Waals surface area contributed by atoms with Gasteiger partial charge in [-0.3, -0.25) is 4.79 Å². The van der Waals surface area contributed by atoms with E-state index in [0.717, 1.165) is 0 Å². The van der Waals surface area contributed by atoms with Gasteiger partial charge < -0.3 is 5.32 Å². The molecule has 140 valence electrons. The van der Waals surface area contributed by atoms with E-state index in [0.29, 0.717) is 12.1 Å². The summed E-state index contributed by atoms with van der Waals surface area (Å²) < 4.78 is 90.1. The van der Waals surface area contributed by atoms with Crippen LogP contribution >= 0.6 is 0 Å². The van der Waals surface area contributed by atoms with Crippen molar-refractivity contribution in [3.8, 4) is 0 Å². The zero-order valence-corrected chi connectivity index (χ0v) is 13.0. The largest absolute Gasteiger partial charge is 0.416 e. The number of halogens is 7. The van der Waals surface area contributed by atoms with Gasteiger partial charge in [0.15, 0.2) is 0 Å². The molecule has 0 saturated heterocycles. The lowest BCUT2D eigenvalue weighted by Crippen LogP contribution is -2.27. The van der Waals surface area contributed by atoms with Gasteiger partial charge in [0.1, 0.15) is 5.82 Å². The summed E-state index contributed by atoms with van der Waals surface area (Å²) in [5.74, 6) is -1.64. The minimum atomic E-state index is -5.04. The molecule has 1 amide bonds. The molecule has 0 aliphatic rings. The van der Waals surface area contributed by atoms with Crippen LogP contribution in [0.1, 0.15) is 27.0 Å². The molecular weight excluding hydrogens is 367 g/mol. The number of amides is 1. The number of rotatable bonds is 4.